The molecule has 1 saturated heterocycles. The van der Waals surface area contributed by atoms with Crippen molar-refractivity contribution in [3.05, 3.63) is 41.7 Å². The predicted molar refractivity (Wildman–Crippen MR) is 91.2 cm³/mol. The summed E-state index contributed by atoms with van der Waals surface area (Å²) < 4.78 is 6.82. The lowest BCUT2D eigenvalue weighted by molar-refractivity contribution is -0.143. The zero-order valence-electron chi connectivity index (χ0n) is 14.3. The Morgan fingerprint density at radius 3 is 2.60 bits per heavy atom. The minimum atomic E-state index is -0.959. The highest BCUT2D eigenvalue weighted by Gasteiger charge is 2.33. The first-order valence-corrected chi connectivity index (χ1v) is 8.26. The van der Waals surface area contributed by atoms with Crippen molar-refractivity contribution in [2.24, 2.45) is 0 Å². The fourth-order valence-electron chi connectivity index (χ4n) is 3.14. The molecule has 3 rings (SSSR count). The highest BCUT2D eigenvalue weighted by atomic mass is 16.5. The Balaban J connectivity index is 1.88. The molecule has 0 aliphatic carbocycles. The molecular formula is C18H21N3O4. The van der Waals surface area contributed by atoms with Crippen LogP contribution in [0.25, 0.3) is 5.69 Å². The number of aromatic nitrogens is 2. The Hall–Kier alpha value is -2.83. The summed E-state index contributed by atoms with van der Waals surface area (Å²) in [5.41, 5.74) is 1.88. The predicted octanol–water partition coefficient (Wildman–Crippen LogP) is 2.27. The number of carboxylic acids is 1. The molecule has 1 fully saturated rings. The number of likely N-dealkylation sites (tertiary alicyclic amines) is 1. The first-order chi connectivity index (χ1) is 12.0. The summed E-state index contributed by atoms with van der Waals surface area (Å²) in [7, 11) is 1.60. The van der Waals surface area contributed by atoms with Crippen LogP contribution in [0.2, 0.25) is 0 Å². The van der Waals surface area contributed by atoms with Gasteiger partial charge in [0.15, 0.2) is 5.69 Å². The van der Waals surface area contributed by atoms with E-state index in [1.807, 2.05) is 31.2 Å². The van der Waals surface area contributed by atoms with Crippen molar-refractivity contribution in [2.75, 3.05) is 13.7 Å². The number of amides is 1. The molecule has 1 aliphatic rings. The smallest absolute Gasteiger partial charge is 0.326 e. The van der Waals surface area contributed by atoms with Crippen LogP contribution in [0.1, 0.15) is 35.4 Å². The molecule has 2 heterocycles. The summed E-state index contributed by atoms with van der Waals surface area (Å²) in [6.45, 7) is 2.31. The van der Waals surface area contributed by atoms with E-state index in [9.17, 15) is 14.7 Å². The van der Waals surface area contributed by atoms with Crippen LogP contribution in [0.4, 0.5) is 0 Å². The van der Waals surface area contributed by atoms with Crippen LogP contribution in [0.3, 0.4) is 0 Å². The molecule has 25 heavy (non-hydrogen) atoms. The fourth-order valence-corrected chi connectivity index (χ4v) is 3.14. The van der Waals surface area contributed by atoms with Gasteiger partial charge in [-0.3, -0.25) is 4.79 Å². The van der Waals surface area contributed by atoms with Crippen molar-refractivity contribution in [3.63, 3.8) is 0 Å². The second-order valence-corrected chi connectivity index (χ2v) is 6.13. The molecule has 2 aromatic rings. The summed E-state index contributed by atoms with van der Waals surface area (Å²) in [6.07, 6.45) is 2.12. The van der Waals surface area contributed by atoms with E-state index in [0.29, 0.717) is 13.0 Å². The first-order valence-electron chi connectivity index (χ1n) is 8.26. The van der Waals surface area contributed by atoms with Gasteiger partial charge in [0, 0.05) is 12.2 Å². The first kappa shape index (κ1) is 17.0. The number of carboxylic acid groups (broad SMARTS) is 1. The lowest BCUT2D eigenvalue weighted by Gasteiger charge is -2.32. The molecule has 7 nitrogen and oxygen atoms in total. The Bertz CT molecular complexity index is 782. The number of methoxy groups -OCH3 is 1. The van der Waals surface area contributed by atoms with E-state index in [1.165, 1.54) is 4.90 Å². The molecule has 1 amide bonds. The van der Waals surface area contributed by atoms with Crippen LogP contribution < -0.4 is 4.74 Å². The van der Waals surface area contributed by atoms with Gasteiger partial charge in [-0.25, -0.2) is 9.48 Å². The van der Waals surface area contributed by atoms with Gasteiger partial charge in [0.05, 0.1) is 12.8 Å². The van der Waals surface area contributed by atoms with Gasteiger partial charge in [-0.15, -0.1) is 0 Å². The number of nitrogens with zero attached hydrogens (tertiary/aromatic N) is 3. The van der Waals surface area contributed by atoms with Gasteiger partial charge in [0.1, 0.15) is 11.8 Å². The third kappa shape index (κ3) is 3.35. The third-order valence-corrected chi connectivity index (χ3v) is 4.47. The average molecular weight is 343 g/mol. The molecule has 0 bridgehead atoms. The molecule has 132 valence electrons. The standard InChI is InChI=1S/C18H21N3O4/c1-12-11-15(17(22)20-10-4-3-5-16(20)18(23)24)19-21(12)13-6-8-14(25-2)9-7-13/h6-9,11,16H,3-5,10H2,1-2H3,(H,23,24)/t16-/m1/s1. The number of rotatable bonds is 4. The quantitative estimate of drug-likeness (QED) is 0.920. The molecular weight excluding hydrogens is 322 g/mol. The lowest BCUT2D eigenvalue weighted by atomic mass is 10.0. The maximum Gasteiger partial charge on any atom is 0.326 e. The highest BCUT2D eigenvalue weighted by Crippen LogP contribution is 2.21. The maximum atomic E-state index is 12.8. The molecule has 1 atom stereocenters. The number of piperidine rings is 1. The van der Waals surface area contributed by atoms with Gasteiger partial charge in [-0.1, -0.05) is 0 Å². The zero-order valence-corrected chi connectivity index (χ0v) is 14.3. The van der Waals surface area contributed by atoms with E-state index in [4.69, 9.17) is 4.74 Å². The van der Waals surface area contributed by atoms with Gasteiger partial charge in [0.25, 0.3) is 5.91 Å². The van der Waals surface area contributed by atoms with E-state index < -0.39 is 12.0 Å². The Morgan fingerprint density at radius 1 is 1.24 bits per heavy atom. The number of hydrogen-bond donors (Lipinski definition) is 1. The molecule has 1 aromatic heterocycles. The monoisotopic (exact) mass is 343 g/mol. The average Bonchev–Trinajstić information content (AvgIpc) is 3.03. The Labute approximate surface area is 145 Å². The molecule has 1 N–H and O–H groups in total. The van der Waals surface area contributed by atoms with E-state index in [1.54, 1.807) is 17.9 Å². The molecule has 0 radical (unpaired) electrons. The Morgan fingerprint density at radius 2 is 1.96 bits per heavy atom. The number of benzene rings is 1. The van der Waals surface area contributed by atoms with E-state index >= 15 is 0 Å². The number of carbonyl (C=O) groups is 2. The zero-order chi connectivity index (χ0) is 18.0. The van der Waals surface area contributed by atoms with Crippen LogP contribution in [-0.4, -0.2) is 51.4 Å². The van der Waals surface area contributed by atoms with Crippen LogP contribution in [0, 0.1) is 6.92 Å². The lowest BCUT2D eigenvalue weighted by Crippen LogP contribution is -2.48. The van der Waals surface area contributed by atoms with Gasteiger partial charge in [-0.05, 0) is 56.5 Å². The molecule has 0 spiro atoms. The third-order valence-electron chi connectivity index (χ3n) is 4.47. The second-order valence-electron chi connectivity index (χ2n) is 6.13. The van der Waals surface area contributed by atoms with Crippen LogP contribution >= 0.6 is 0 Å². The minimum absolute atomic E-state index is 0.265. The normalized spacial score (nSPS) is 17.4. The number of hydrogen-bond acceptors (Lipinski definition) is 4. The fraction of sp³-hybridized carbons (Fsp3) is 0.389. The van der Waals surface area contributed by atoms with E-state index in [0.717, 1.165) is 30.0 Å². The van der Waals surface area contributed by atoms with Gasteiger partial charge >= 0.3 is 5.97 Å². The van der Waals surface area contributed by atoms with Crippen molar-refractivity contribution in [2.45, 2.75) is 32.2 Å². The summed E-state index contributed by atoms with van der Waals surface area (Å²) in [5.74, 6) is -0.552. The minimum Gasteiger partial charge on any atom is -0.497 e. The van der Waals surface area contributed by atoms with Crippen LogP contribution in [0.5, 0.6) is 5.75 Å². The van der Waals surface area contributed by atoms with Crippen molar-refractivity contribution in [3.8, 4) is 11.4 Å². The Kier molecular flexibility index (Phi) is 4.74. The largest absolute Gasteiger partial charge is 0.497 e. The van der Waals surface area contributed by atoms with Gasteiger partial charge in [-0.2, -0.15) is 5.10 Å². The summed E-state index contributed by atoms with van der Waals surface area (Å²) in [4.78, 5) is 25.6. The maximum absolute atomic E-state index is 12.8. The summed E-state index contributed by atoms with van der Waals surface area (Å²) in [6, 6.07) is 8.28. The number of ether oxygens (including phenoxy) is 1. The molecule has 0 unspecified atom stereocenters. The van der Waals surface area contributed by atoms with Crippen LogP contribution in [-0.2, 0) is 4.79 Å². The number of aryl methyl sites for hydroxylation is 1. The SMILES string of the molecule is COc1ccc(-n2nc(C(=O)N3CCCC[C@@H]3C(=O)O)cc2C)cc1. The molecule has 7 heteroatoms. The highest BCUT2D eigenvalue weighted by molar-refractivity contribution is 5.95. The number of carbonyl (C=O) groups excluding carboxylic acids is 1. The topological polar surface area (TPSA) is 84.7 Å². The molecule has 0 saturated carbocycles. The molecule has 1 aliphatic heterocycles. The van der Waals surface area contributed by atoms with E-state index in [-0.39, 0.29) is 11.6 Å². The second kappa shape index (κ2) is 6.96. The van der Waals surface area contributed by atoms with Gasteiger partial charge in [0.2, 0.25) is 0 Å². The summed E-state index contributed by atoms with van der Waals surface area (Å²) in [5, 5.41) is 13.8. The van der Waals surface area contributed by atoms with Crippen LogP contribution in [0.15, 0.2) is 30.3 Å². The number of aliphatic carboxylic acids is 1. The van der Waals surface area contributed by atoms with Crippen molar-refractivity contribution in [1.82, 2.24) is 14.7 Å². The van der Waals surface area contributed by atoms with E-state index in [2.05, 4.69) is 5.10 Å². The van der Waals surface area contributed by atoms with Crippen molar-refractivity contribution >= 4 is 11.9 Å². The molecule has 1 aromatic carbocycles. The van der Waals surface area contributed by atoms with Gasteiger partial charge < -0.3 is 14.7 Å². The van der Waals surface area contributed by atoms with Crippen molar-refractivity contribution < 1.29 is 19.4 Å². The van der Waals surface area contributed by atoms with Crippen molar-refractivity contribution in [1.29, 1.82) is 0 Å². The summed E-state index contributed by atoms with van der Waals surface area (Å²) >= 11 is 0.